The van der Waals surface area contributed by atoms with Crippen LogP contribution in [0.1, 0.15) is 0 Å². The molecule has 0 bridgehead atoms. The van der Waals surface area contributed by atoms with Gasteiger partial charge in [-0.1, -0.05) is 194 Å². The topological polar surface area (TPSA) is 40.7 Å². The number of nitrogens with zero attached hydrogens (tertiary/aromatic N) is 4. The van der Waals surface area contributed by atoms with Gasteiger partial charge in [-0.2, -0.15) is 0 Å². The Labute approximate surface area is 544 Å². The Bertz CT molecular complexity index is 5490. The molecular weight excluding hydrogens is 1150 g/mol. The lowest BCUT2D eigenvalue weighted by Gasteiger charge is -2.41. The SMILES string of the molecule is c1ccc(N(c2ccccc2)c2cc3c4c(c2)N(c2ccccc2)c2ccccc2B4c2ccc4c5c6c(ccc5c5c7c(ccc5c4c2O3)B2c3ccccc3N(c3ccccc3)c3cccc(c32)O7)B2c3ccccc3N(c3ccccc3)c3cccc(c32)O6)cc1. The summed E-state index contributed by atoms with van der Waals surface area (Å²) in [6.45, 7) is -0.487. The van der Waals surface area contributed by atoms with E-state index < -0.39 is 0 Å². The molecule has 21 rings (SSSR count). The number of rotatable bonds is 6. The van der Waals surface area contributed by atoms with Crippen LogP contribution in [0, 0.1) is 0 Å². The molecule has 0 atom stereocenters. The van der Waals surface area contributed by atoms with Crippen molar-refractivity contribution in [3.05, 3.63) is 309 Å². The predicted molar refractivity (Wildman–Crippen MR) is 391 cm³/mol. The lowest BCUT2D eigenvalue weighted by Crippen LogP contribution is -2.59. The summed E-state index contributed by atoms with van der Waals surface area (Å²) in [5.74, 6) is 4.97. The second-order valence-electron chi connectivity index (χ2n) is 25.3. The number of anilines is 12. The van der Waals surface area contributed by atoms with Crippen LogP contribution in [0.5, 0.6) is 34.5 Å². The maximum absolute atomic E-state index is 8.05. The first kappa shape index (κ1) is 51.6. The Morgan fingerprint density at radius 2 is 0.553 bits per heavy atom. The molecule has 0 spiro atoms. The monoisotopic (exact) mass is 1200 g/mol. The summed E-state index contributed by atoms with van der Waals surface area (Å²) in [4.78, 5) is 9.59. The molecule has 15 aromatic rings. The van der Waals surface area contributed by atoms with Crippen molar-refractivity contribution >= 4 is 170 Å². The normalized spacial score (nSPS) is 13.7. The van der Waals surface area contributed by atoms with Crippen molar-refractivity contribution in [2.45, 2.75) is 0 Å². The van der Waals surface area contributed by atoms with Gasteiger partial charge in [0.1, 0.15) is 34.5 Å². The van der Waals surface area contributed by atoms with Gasteiger partial charge in [0.05, 0.1) is 5.69 Å². The maximum atomic E-state index is 8.05. The third kappa shape index (κ3) is 7.14. The molecule has 0 saturated carbocycles. The van der Waals surface area contributed by atoms with E-state index in [1.54, 1.807) is 0 Å². The summed E-state index contributed by atoms with van der Waals surface area (Å²) in [7, 11) is 0. The van der Waals surface area contributed by atoms with E-state index in [1.807, 2.05) is 0 Å². The van der Waals surface area contributed by atoms with Gasteiger partial charge >= 0.3 is 0 Å². The number of hydrogen-bond acceptors (Lipinski definition) is 7. The summed E-state index contributed by atoms with van der Waals surface area (Å²) in [5, 5.41) is 6.16. The van der Waals surface area contributed by atoms with Crippen LogP contribution in [0.3, 0.4) is 0 Å². The lowest BCUT2D eigenvalue weighted by atomic mass is 9.33. The van der Waals surface area contributed by atoms with Crippen molar-refractivity contribution in [1.29, 1.82) is 0 Å². The zero-order valence-corrected chi connectivity index (χ0v) is 50.7. The largest absolute Gasteiger partial charge is 0.458 e. The quantitative estimate of drug-likeness (QED) is 0.121. The summed E-state index contributed by atoms with van der Waals surface area (Å²) in [6, 6.07) is 112. The van der Waals surface area contributed by atoms with Crippen molar-refractivity contribution < 1.29 is 14.2 Å². The molecule has 6 aliphatic rings. The molecule has 0 N–H and O–H groups in total. The summed E-state index contributed by atoms with van der Waals surface area (Å²) in [5.41, 5.74) is 23.4. The predicted octanol–water partition coefficient (Wildman–Crippen LogP) is 15.8. The van der Waals surface area contributed by atoms with Crippen LogP contribution in [0.2, 0.25) is 0 Å². The summed E-state index contributed by atoms with van der Waals surface area (Å²) in [6.07, 6.45) is 0. The third-order valence-corrected chi connectivity index (χ3v) is 20.5. The highest BCUT2D eigenvalue weighted by Gasteiger charge is 2.47. The number of ether oxygens (including phenoxy) is 3. The van der Waals surface area contributed by atoms with Gasteiger partial charge in [0, 0.05) is 84.8 Å². The second-order valence-corrected chi connectivity index (χ2v) is 25.3. The standard InChI is InChI=1S/C84H51B3N4O3/c1-6-24-52(25-7-1)88(53-26-8-2-9-27-53)57-50-72-81-75(51-57)94-84-66(87(81)63-36-18-21-39-69(63)91(72)56-32-14-5-15-33-56)49-46-60-77-58(44-47-64-82(77)92-73-42-22-40-70-79(73)85(64)61-34-16-19-37-67(61)89(70)54-28-10-3-11-29-54)76-59(78(60)84)45-48-65-83(76)93-74-43-23-41-71-80(74)86(65)62-35-17-20-38-68(62)90(71)55-30-12-4-13-31-55/h1-51H. The van der Waals surface area contributed by atoms with E-state index in [-0.39, 0.29) is 20.1 Å². The van der Waals surface area contributed by atoms with E-state index in [0.29, 0.717) is 0 Å². The minimum Gasteiger partial charge on any atom is -0.458 e. The average molecular weight is 1200 g/mol. The minimum absolute atomic E-state index is 0.139. The van der Waals surface area contributed by atoms with Crippen molar-refractivity contribution in [3.63, 3.8) is 0 Å². The first-order valence-corrected chi connectivity index (χ1v) is 32.4. The second kappa shape index (κ2) is 19.7. The van der Waals surface area contributed by atoms with Gasteiger partial charge in [-0.15, -0.1) is 0 Å². The molecule has 0 radical (unpaired) electrons. The molecular formula is C84H51B3N4O3. The highest BCUT2D eigenvalue weighted by atomic mass is 16.5. The number of hydrogen-bond donors (Lipinski definition) is 0. The van der Waals surface area contributed by atoms with Crippen molar-refractivity contribution in [2.24, 2.45) is 0 Å². The van der Waals surface area contributed by atoms with E-state index in [4.69, 9.17) is 14.2 Å². The molecule has 0 unspecified atom stereocenters. The number of benzene rings is 15. The zero-order valence-electron chi connectivity index (χ0n) is 50.7. The average Bonchev–Trinajstić information content (AvgIpc) is 0.688. The van der Waals surface area contributed by atoms with E-state index in [9.17, 15) is 0 Å². The molecule has 0 saturated heterocycles. The Kier molecular flexibility index (Phi) is 10.8. The van der Waals surface area contributed by atoms with Crippen LogP contribution >= 0.6 is 0 Å². The molecule has 15 aromatic carbocycles. The first-order chi connectivity index (χ1) is 46.7. The highest BCUT2D eigenvalue weighted by Crippen LogP contribution is 2.53. The van der Waals surface area contributed by atoms with Gasteiger partial charge in [0.2, 0.25) is 0 Å². The molecule has 7 nitrogen and oxygen atoms in total. The van der Waals surface area contributed by atoms with Gasteiger partial charge in [-0.05, 0) is 175 Å². The summed E-state index contributed by atoms with van der Waals surface area (Å²) < 4.78 is 23.5. The van der Waals surface area contributed by atoms with Gasteiger partial charge < -0.3 is 33.8 Å². The number of fused-ring (bicyclic) bond motifs is 21. The van der Waals surface area contributed by atoms with Crippen molar-refractivity contribution in [3.8, 4) is 34.5 Å². The number of para-hydroxylation sites is 8. The van der Waals surface area contributed by atoms with Crippen molar-refractivity contribution in [2.75, 3.05) is 19.6 Å². The minimum atomic E-state index is -0.209. The van der Waals surface area contributed by atoms with Crippen LogP contribution in [0.4, 0.5) is 68.2 Å². The maximum Gasteiger partial charge on any atom is 0.256 e. The van der Waals surface area contributed by atoms with Crippen LogP contribution in [0.15, 0.2) is 309 Å². The molecule has 0 amide bonds. The van der Waals surface area contributed by atoms with E-state index >= 15 is 0 Å². The smallest absolute Gasteiger partial charge is 0.256 e. The fourth-order valence-electron chi connectivity index (χ4n) is 16.9. The first-order valence-electron chi connectivity index (χ1n) is 32.4. The van der Waals surface area contributed by atoms with Crippen LogP contribution in [-0.2, 0) is 0 Å². The molecule has 10 heteroatoms. The fourth-order valence-corrected chi connectivity index (χ4v) is 16.9. The molecule has 6 heterocycles. The van der Waals surface area contributed by atoms with Gasteiger partial charge in [-0.25, -0.2) is 0 Å². The molecule has 0 aliphatic carbocycles. The van der Waals surface area contributed by atoms with Gasteiger partial charge in [0.25, 0.3) is 20.1 Å². The molecule has 0 fully saturated rings. The zero-order chi connectivity index (χ0) is 61.3. The van der Waals surface area contributed by atoms with Crippen LogP contribution in [-0.4, -0.2) is 20.1 Å². The highest BCUT2D eigenvalue weighted by molar-refractivity contribution is 7.01. The van der Waals surface area contributed by atoms with Gasteiger partial charge in [-0.3, -0.25) is 0 Å². The van der Waals surface area contributed by atoms with Crippen LogP contribution in [0.25, 0.3) is 32.3 Å². The van der Waals surface area contributed by atoms with Gasteiger partial charge in [0.15, 0.2) is 0 Å². The molecule has 434 valence electrons. The third-order valence-electron chi connectivity index (χ3n) is 20.5. The Balaban J connectivity index is 0.870. The molecule has 0 aromatic heterocycles. The van der Waals surface area contributed by atoms with E-state index in [2.05, 4.69) is 329 Å². The Morgan fingerprint density at radius 1 is 0.234 bits per heavy atom. The lowest BCUT2D eigenvalue weighted by molar-refractivity contribution is 0.492. The van der Waals surface area contributed by atoms with Crippen LogP contribution < -0.4 is 83.0 Å². The fraction of sp³-hybridized carbons (Fsp3) is 0. The van der Waals surface area contributed by atoms with Crippen molar-refractivity contribution in [1.82, 2.24) is 0 Å². The summed E-state index contributed by atoms with van der Waals surface area (Å²) >= 11 is 0. The Hall–Kier alpha value is -12.1. The Morgan fingerprint density at radius 3 is 0.947 bits per heavy atom. The molecule has 6 aliphatic heterocycles. The van der Waals surface area contributed by atoms with E-state index in [0.717, 1.165) is 168 Å². The molecule has 94 heavy (non-hydrogen) atoms. The van der Waals surface area contributed by atoms with E-state index in [1.165, 1.54) is 16.4 Å².